The number of hydrogen-bond donors (Lipinski definition) is 1. The third-order valence-electron chi connectivity index (χ3n) is 6.27. The summed E-state index contributed by atoms with van der Waals surface area (Å²) < 4.78 is 5.81. The van der Waals surface area contributed by atoms with Gasteiger partial charge in [-0.2, -0.15) is 0 Å². The molecule has 0 aromatic heterocycles. The first-order valence-electron chi connectivity index (χ1n) is 11.1. The maximum absolute atomic E-state index is 13.4. The molecular formula is C25H33N3O2. The molecule has 0 aliphatic carbocycles. The molecule has 2 atom stereocenters. The van der Waals surface area contributed by atoms with Crippen molar-refractivity contribution in [3.63, 3.8) is 0 Å². The molecule has 0 saturated carbocycles. The Morgan fingerprint density at radius 3 is 2.57 bits per heavy atom. The van der Waals surface area contributed by atoms with Crippen LogP contribution in [0, 0.1) is 13.8 Å². The second-order valence-electron chi connectivity index (χ2n) is 8.59. The van der Waals surface area contributed by atoms with Crippen LogP contribution in [-0.2, 0) is 9.53 Å². The summed E-state index contributed by atoms with van der Waals surface area (Å²) in [7, 11) is 0. The molecule has 2 saturated heterocycles. The summed E-state index contributed by atoms with van der Waals surface area (Å²) in [6.45, 7) is 9.71. The summed E-state index contributed by atoms with van der Waals surface area (Å²) in [6, 6.07) is 16.1. The molecule has 4 rings (SSSR count). The Hall–Kier alpha value is -2.21. The number of nitrogens with zero attached hydrogens (tertiary/aromatic N) is 2. The van der Waals surface area contributed by atoms with E-state index in [0.717, 1.165) is 61.7 Å². The van der Waals surface area contributed by atoms with Crippen LogP contribution in [0.15, 0.2) is 48.5 Å². The molecule has 0 bridgehead atoms. The molecular weight excluding hydrogens is 374 g/mol. The zero-order valence-electron chi connectivity index (χ0n) is 18.1. The lowest BCUT2D eigenvalue weighted by atomic mass is 10.0. The van der Waals surface area contributed by atoms with Crippen molar-refractivity contribution in [1.29, 1.82) is 0 Å². The van der Waals surface area contributed by atoms with E-state index in [-0.39, 0.29) is 11.9 Å². The highest BCUT2D eigenvalue weighted by atomic mass is 16.5. The van der Waals surface area contributed by atoms with E-state index in [9.17, 15) is 4.79 Å². The van der Waals surface area contributed by atoms with E-state index in [0.29, 0.717) is 6.10 Å². The van der Waals surface area contributed by atoms with Gasteiger partial charge in [-0.3, -0.25) is 14.6 Å². The van der Waals surface area contributed by atoms with Gasteiger partial charge in [0.15, 0.2) is 0 Å². The smallest absolute Gasteiger partial charge is 0.246 e. The van der Waals surface area contributed by atoms with Gasteiger partial charge in [-0.25, -0.2) is 0 Å². The van der Waals surface area contributed by atoms with Gasteiger partial charge in [-0.1, -0.05) is 42.5 Å². The molecule has 2 aliphatic rings. The summed E-state index contributed by atoms with van der Waals surface area (Å²) in [4.78, 5) is 18.3. The third-order valence-corrected chi connectivity index (χ3v) is 6.27. The zero-order valence-corrected chi connectivity index (χ0v) is 18.1. The van der Waals surface area contributed by atoms with Crippen LogP contribution in [-0.4, -0.2) is 61.1 Å². The van der Waals surface area contributed by atoms with Crippen molar-refractivity contribution in [2.24, 2.45) is 0 Å². The van der Waals surface area contributed by atoms with Gasteiger partial charge < -0.3 is 10.1 Å². The van der Waals surface area contributed by atoms with Gasteiger partial charge in [0.2, 0.25) is 5.91 Å². The fourth-order valence-corrected chi connectivity index (χ4v) is 4.52. The summed E-state index contributed by atoms with van der Waals surface area (Å²) in [6.07, 6.45) is 2.73. The quantitative estimate of drug-likeness (QED) is 0.792. The molecule has 5 nitrogen and oxygen atoms in total. The Kier molecular flexibility index (Phi) is 6.82. The third kappa shape index (κ3) is 5.09. The van der Waals surface area contributed by atoms with E-state index >= 15 is 0 Å². The van der Waals surface area contributed by atoms with E-state index in [1.807, 2.05) is 25.1 Å². The summed E-state index contributed by atoms with van der Waals surface area (Å²) >= 11 is 0. The second-order valence-corrected chi connectivity index (χ2v) is 8.59. The maximum Gasteiger partial charge on any atom is 0.246 e. The van der Waals surface area contributed by atoms with Gasteiger partial charge in [0, 0.05) is 45.0 Å². The van der Waals surface area contributed by atoms with Crippen molar-refractivity contribution in [3.8, 4) is 0 Å². The van der Waals surface area contributed by atoms with Crippen molar-refractivity contribution < 1.29 is 9.53 Å². The minimum Gasteiger partial charge on any atom is -0.377 e. The lowest BCUT2D eigenvalue weighted by Crippen LogP contribution is -2.51. The molecule has 30 heavy (non-hydrogen) atoms. The Balaban J connectivity index is 1.46. The molecule has 2 aromatic carbocycles. The van der Waals surface area contributed by atoms with E-state index < -0.39 is 0 Å². The Morgan fingerprint density at radius 2 is 1.87 bits per heavy atom. The molecule has 0 spiro atoms. The Labute approximate surface area is 180 Å². The minimum absolute atomic E-state index is 0.0440. The van der Waals surface area contributed by atoms with Crippen LogP contribution in [0.2, 0.25) is 0 Å². The van der Waals surface area contributed by atoms with Crippen molar-refractivity contribution in [3.05, 3.63) is 65.2 Å². The maximum atomic E-state index is 13.4. The molecule has 2 fully saturated rings. The molecule has 160 valence electrons. The van der Waals surface area contributed by atoms with Crippen LogP contribution < -0.4 is 5.32 Å². The lowest BCUT2D eigenvalue weighted by molar-refractivity contribution is -0.122. The lowest BCUT2D eigenvalue weighted by Gasteiger charge is -2.39. The first-order chi connectivity index (χ1) is 14.6. The molecule has 2 unspecified atom stereocenters. The number of hydrogen-bond acceptors (Lipinski definition) is 4. The monoisotopic (exact) mass is 407 g/mol. The minimum atomic E-state index is -0.281. The average molecular weight is 408 g/mol. The van der Waals surface area contributed by atoms with E-state index in [1.165, 1.54) is 12.8 Å². The molecule has 0 radical (unpaired) electrons. The number of ether oxygens (including phenoxy) is 1. The van der Waals surface area contributed by atoms with Crippen LogP contribution in [0.4, 0.5) is 5.69 Å². The van der Waals surface area contributed by atoms with E-state index in [1.54, 1.807) is 0 Å². The topological polar surface area (TPSA) is 44.8 Å². The van der Waals surface area contributed by atoms with Crippen molar-refractivity contribution in [2.45, 2.75) is 38.8 Å². The van der Waals surface area contributed by atoms with Gasteiger partial charge in [-0.15, -0.1) is 0 Å². The fraction of sp³-hybridized carbons (Fsp3) is 0.480. The number of benzene rings is 2. The molecule has 1 amide bonds. The SMILES string of the molecule is Cc1ccc(C)c(NC(=O)C(c2ccccc2)N2CCN(CC3CCCO3)CC2)c1. The van der Waals surface area contributed by atoms with Gasteiger partial charge >= 0.3 is 0 Å². The second kappa shape index (κ2) is 9.73. The number of rotatable bonds is 6. The number of anilines is 1. The average Bonchev–Trinajstić information content (AvgIpc) is 3.26. The van der Waals surface area contributed by atoms with Crippen LogP contribution >= 0.6 is 0 Å². The van der Waals surface area contributed by atoms with E-state index in [2.05, 4.69) is 52.4 Å². The van der Waals surface area contributed by atoms with Crippen LogP contribution in [0.1, 0.15) is 35.6 Å². The highest BCUT2D eigenvalue weighted by Crippen LogP contribution is 2.26. The first-order valence-corrected chi connectivity index (χ1v) is 11.1. The number of aryl methyl sites for hydroxylation is 2. The highest BCUT2D eigenvalue weighted by molar-refractivity contribution is 5.96. The van der Waals surface area contributed by atoms with Gasteiger partial charge in [-0.05, 0) is 49.4 Å². The normalized spacial score (nSPS) is 21.5. The number of carbonyl (C=O) groups excluding carboxylic acids is 1. The molecule has 1 N–H and O–H groups in total. The molecule has 5 heteroatoms. The number of nitrogens with one attached hydrogen (secondary N) is 1. The van der Waals surface area contributed by atoms with Gasteiger partial charge in [0.05, 0.1) is 6.10 Å². The Bertz CT molecular complexity index is 841. The number of amides is 1. The first kappa shape index (κ1) is 21.0. The molecule has 2 heterocycles. The Morgan fingerprint density at radius 1 is 1.10 bits per heavy atom. The van der Waals surface area contributed by atoms with Crippen molar-refractivity contribution in [2.75, 3.05) is 44.6 Å². The zero-order chi connectivity index (χ0) is 20.9. The van der Waals surface area contributed by atoms with Crippen LogP contribution in [0.25, 0.3) is 0 Å². The van der Waals surface area contributed by atoms with Gasteiger partial charge in [0.25, 0.3) is 0 Å². The number of carbonyl (C=O) groups is 1. The predicted molar refractivity (Wildman–Crippen MR) is 121 cm³/mol. The van der Waals surface area contributed by atoms with Crippen LogP contribution in [0.5, 0.6) is 0 Å². The molecule has 2 aliphatic heterocycles. The summed E-state index contributed by atoms with van der Waals surface area (Å²) in [5, 5.41) is 3.20. The van der Waals surface area contributed by atoms with Crippen LogP contribution in [0.3, 0.4) is 0 Å². The summed E-state index contributed by atoms with van der Waals surface area (Å²) in [5.41, 5.74) is 4.18. The number of piperazine rings is 1. The van der Waals surface area contributed by atoms with Gasteiger partial charge in [0.1, 0.15) is 6.04 Å². The predicted octanol–water partition coefficient (Wildman–Crippen LogP) is 3.78. The standard InChI is InChI=1S/C25H33N3O2/c1-19-10-11-20(2)23(17-19)26-25(29)24(21-7-4-3-5-8-21)28-14-12-27(13-15-28)18-22-9-6-16-30-22/h3-5,7-8,10-11,17,22,24H,6,9,12-16,18H2,1-2H3,(H,26,29). The van der Waals surface area contributed by atoms with E-state index in [4.69, 9.17) is 4.74 Å². The summed E-state index contributed by atoms with van der Waals surface area (Å²) in [5.74, 6) is 0.0440. The molecule has 2 aromatic rings. The fourth-order valence-electron chi connectivity index (χ4n) is 4.52. The van der Waals surface area contributed by atoms with Crippen molar-refractivity contribution in [1.82, 2.24) is 9.80 Å². The van der Waals surface area contributed by atoms with Crippen molar-refractivity contribution >= 4 is 11.6 Å². The highest BCUT2D eigenvalue weighted by Gasteiger charge is 2.31. The largest absolute Gasteiger partial charge is 0.377 e.